The Balaban J connectivity index is -0.000000265. The van der Waals surface area contributed by atoms with Crippen LogP contribution in [0.2, 0.25) is 0 Å². The Morgan fingerprint density at radius 1 is 0.800 bits per heavy atom. The molecule has 0 saturated carbocycles. The van der Waals surface area contributed by atoms with Gasteiger partial charge in [0.15, 0.2) is 0 Å². The number of hydrogen-bond donors (Lipinski definition) is 0. The molecule has 2 aromatic carbocycles. The fourth-order valence-electron chi connectivity index (χ4n) is 1.45. The van der Waals surface area contributed by atoms with Crippen LogP contribution in [0, 0.1) is 25.1 Å². The van der Waals surface area contributed by atoms with Crippen LogP contribution in [0.5, 0.6) is 0 Å². The molecule has 0 atom stereocenters. The van der Waals surface area contributed by atoms with Crippen molar-refractivity contribution in [2.45, 2.75) is 45.4 Å². The van der Waals surface area contributed by atoms with E-state index in [9.17, 15) is 0 Å². The van der Waals surface area contributed by atoms with Gasteiger partial charge < -0.3 is 19.1 Å². The molecule has 0 aromatic heterocycles. The van der Waals surface area contributed by atoms with Gasteiger partial charge in [0.1, 0.15) is 0 Å². The molecule has 0 radical (unpaired) electrons. The largest absolute Gasteiger partial charge is 0.319 e. The molecule has 0 spiro atoms. The van der Waals surface area contributed by atoms with E-state index < -0.39 is 0 Å². The summed E-state index contributed by atoms with van der Waals surface area (Å²) in [6.45, 7) is 6.02. The number of hydrogen-bond acceptors (Lipinski definition) is 2. The molecule has 2 nitrogen and oxygen atoms in total. The average Bonchev–Trinajstić information content (AvgIpc) is 2.71. The van der Waals surface area contributed by atoms with Gasteiger partial charge in [0.2, 0.25) is 0 Å². The van der Waals surface area contributed by atoms with Crippen LogP contribution in [0.15, 0.2) is 53.0 Å². The summed E-state index contributed by atoms with van der Waals surface area (Å²) in [7, 11) is 0. The maximum atomic E-state index is 7.94. The monoisotopic (exact) mass is 494 g/mol. The number of benzene rings is 2. The summed E-state index contributed by atoms with van der Waals surface area (Å²) in [6, 6.07) is 23.5. The van der Waals surface area contributed by atoms with Crippen molar-refractivity contribution < 1.29 is 39.1 Å². The Morgan fingerprint density at radius 3 is 1.48 bits per heavy atom. The minimum atomic E-state index is 1.10. The predicted octanol–water partition coefficient (Wildman–Crippen LogP) is 6.47. The summed E-state index contributed by atoms with van der Waals surface area (Å²) in [6.07, 6.45) is 7.98. The zero-order valence-corrected chi connectivity index (χ0v) is 18.1. The first-order valence-electron chi connectivity index (χ1n) is 7.81. The standard InChI is InChI=1S/C8H17.C6H4Br.C6H4.2Co.2O/c1-3-5-7-8-6-4-2;7-6-4-2-1-3-5-6;1-2-4-6-5-3-1;;;;/h1,3-8H2,2H3;2-5H;1-2,5-6H;;;;/q2*-1;-2;;;;. The van der Waals surface area contributed by atoms with E-state index in [-0.39, 0.29) is 0 Å². The van der Waals surface area contributed by atoms with E-state index in [0.29, 0.717) is 0 Å². The van der Waals surface area contributed by atoms with Crippen LogP contribution in [0.1, 0.15) is 45.4 Å². The van der Waals surface area contributed by atoms with Gasteiger partial charge in [-0.05, 0) is 0 Å². The van der Waals surface area contributed by atoms with Crippen molar-refractivity contribution in [2.24, 2.45) is 0 Å². The van der Waals surface area contributed by atoms with Gasteiger partial charge in [-0.1, -0.05) is 59.4 Å². The molecular formula is C20H25BrCo2O2-4. The van der Waals surface area contributed by atoms with E-state index in [2.05, 4.69) is 79.3 Å². The summed E-state index contributed by atoms with van der Waals surface area (Å²) in [4.78, 5) is 0. The van der Waals surface area contributed by atoms with E-state index in [0.717, 1.165) is 10.9 Å². The van der Waals surface area contributed by atoms with E-state index in [1.165, 1.54) is 32.1 Å². The fraction of sp³-hybridized carbons (Fsp3) is 0.350. The quantitative estimate of drug-likeness (QED) is 0.352. The van der Waals surface area contributed by atoms with Crippen LogP contribution in [-0.2, 0) is 39.1 Å². The predicted molar refractivity (Wildman–Crippen MR) is 97.2 cm³/mol. The Bertz CT molecular complexity index is 396. The van der Waals surface area contributed by atoms with Crippen molar-refractivity contribution in [1.82, 2.24) is 0 Å². The van der Waals surface area contributed by atoms with Crippen LogP contribution in [0.3, 0.4) is 0 Å². The first-order valence-corrected chi connectivity index (χ1v) is 9.45. The topological polar surface area (TPSA) is 34.1 Å². The van der Waals surface area contributed by atoms with Gasteiger partial charge in [-0.3, -0.25) is 24.3 Å². The van der Waals surface area contributed by atoms with Crippen LogP contribution >= 0.6 is 15.9 Å². The van der Waals surface area contributed by atoms with Crippen LogP contribution in [0.4, 0.5) is 0 Å². The Morgan fingerprint density at radius 2 is 1.20 bits per heavy atom. The normalized spacial score (nSPS) is 7.88. The second-order valence-electron chi connectivity index (χ2n) is 4.49. The van der Waals surface area contributed by atoms with Crippen molar-refractivity contribution in [2.75, 3.05) is 0 Å². The van der Waals surface area contributed by atoms with Crippen molar-refractivity contribution in [3.05, 3.63) is 78.1 Å². The number of halogens is 1. The third-order valence-electron chi connectivity index (χ3n) is 2.58. The Kier molecular flexibility index (Phi) is 36.7. The van der Waals surface area contributed by atoms with E-state index in [1.54, 1.807) is 0 Å². The van der Waals surface area contributed by atoms with Gasteiger partial charge in [0, 0.05) is 0 Å². The van der Waals surface area contributed by atoms with Gasteiger partial charge in [0.05, 0.1) is 0 Å². The zero-order chi connectivity index (χ0) is 19.6. The molecule has 146 valence electrons. The molecule has 5 heteroatoms. The summed E-state index contributed by atoms with van der Waals surface area (Å²) in [5.41, 5.74) is 0. The van der Waals surface area contributed by atoms with Gasteiger partial charge in [-0.2, -0.15) is 36.8 Å². The fourth-order valence-corrected chi connectivity index (χ4v) is 1.71. The summed E-state index contributed by atoms with van der Waals surface area (Å²) < 4.78 is 17.0. The molecule has 2 rings (SSSR count). The first-order chi connectivity index (χ1) is 12.3. The van der Waals surface area contributed by atoms with Crippen molar-refractivity contribution in [1.29, 1.82) is 0 Å². The second-order valence-corrected chi connectivity index (χ2v) is 5.40. The third kappa shape index (κ3) is 31.8. The number of rotatable bonds is 5. The van der Waals surface area contributed by atoms with E-state index in [1.807, 2.05) is 48.5 Å². The molecule has 0 saturated heterocycles. The minimum Gasteiger partial charge on any atom is -0.319 e. The van der Waals surface area contributed by atoms with Gasteiger partial charge in [-0.15, -0.1) is 0 Å². The molecule has 0 aliphatic rings. The van der Waals surface area contributed by atoms with Crippen molar-refractivity contribution in [3.8, 4) is 0 Å². The summed E-state index contributed by atoms with van der Waals surface area (Å²) in [5.74, 6) is 0. The maximum Gasteiger partial charge on any atom is -0.288 e. The Hall–Kier alpha value is -0.467. The van der Waals surface area contributed by atoms with Crippen LogP contribution < -0.4 is 0 Å². The SMILES string of the molecule is Brc1cc[c-]cc1.[CH2-]CCCCCCC.[O]=[Co].[O]=[Co].[c-]1cc[c-]cc1. The minimum absolute atomic E-state index is 1.10. The van der Waals surface area contributed by atoms with Crippen molar-refractivity contribution >= 4 is 15.9 Å². The molecule has 2 aromatic rings. The maximum absolute atomic E-state index is 7.94. The Labute approximate surface area is 177 Å². The molecule has 0 fully saturated rings. The van der Waals surface area contributed by atoms with Gasteiger partial charge in [0.25, 0.3) is 0 Å². The molecule has 0 unspecified atom stereocenters. The first kappa shape index (κ1) is 29.3. The molecular weight excluding hydrogens is 470 g/mol. The molecule has 0 aliphatic heterocycles. The molecule has 0 aliphatic carbocycles. The summed E-state index contributed by atoms with van der Waals surface area (Å²) >= 11 is 7.92. The van der Waals surface area contributed by atoms with Crippen LogP contribution in [0.25, 0.3) is 0 Å². The summed E-state index contributed by atoms with van der Waals surface area (Å²) in [5, 5.41) is 0. The van der Waals surface area contributed by atoms with Crippen LogP contribution in [-0.4, -0.2) is 0 Å². The zero-order valence-electron chi connectivity index (χ0n) is 14.4. The molecule has 0 N–H and O–H groups in total. The number of unbranched alkanes of at least 4 members (excludes halogenated alkanes) is 5. The molecule has 25 heavy (non-hydrogen) atoms. The average molecular weight is 495 g/mol. The van der Waals surface area contributed by atoms with E-state index in [4.69, 9.17) is 7.73 Å². The molecule has 0 amide bonds. The second kappa shape index (κ2) is 31.3. The van der Waals surface area contributed by atoms with Gasteiger partial charge >= 0.3 is 39.1 Å². The molecule has 0 bridgehead atoms. The molecule has 0 heterocycles. The van der Waals surface area contributed by atoms with E-state index >= 15 is 0 Å². The van der Waals surface area contributed by atoms with Crippen molar-refractivity contribution in [3.63, 3.8) is 0 Å². The third-order valence-corrected chi connectivity index (χ3v) is 3.11. The van der Waals surface area contributed by atoms with Gasteiger partial charge in [-0.25, -0.2) is 0 Å². The smallest absolute Gasteiger partial charge is 0.288 e.